The molecule has 4 nitrogen and oxygen atoms in total. The third-order valence-electron chi connectivity index (χ3n) is 3.33. The second-order valence-corrected chi connectivity index (χ2v) is 6.06. The maximum absolute atomic E-state index is 12.8. The molecule has 2 N–H and O–H groups in total. The van der Waals surface area contributed by atoms with E-state index in [-0.39, 0.29) is 11.3 Å². The maximum atomic E-state index is 12.8. The molecule has 0 aliphatic carbocycles. The van der Waals surface area contributed by atoms with Crippen molar-refractivity contribution in [3.8, 4) is 5.69 Å². The number of H-pyrrole nitrogens is 1. The molecule has 1 heterocycles. The Kier molecular flexibility index (Phi) is 3.95. The smallest absolute Gasteiger partial charge is 0.391 e. The van der Waals surface area contributed by atoms with Crippen LogP contribution in [0.5, 0.6) is 0 Å². The fraction of sp³-hybridized carbons (Fsp3) is 0.400. The minimum atomic E-state index is -4.49. The Bertz CT molecular complexity index is 736. The molecule has 22 heavy (non-hydrogen) atoms. The number of halogens is 3. The van der Waals surface area contributed by atoms with Gasteiger partial charge in [0.2, 0.25) is 0 Å². The van der Waals surface area contributed by atoms with Crippen LogP contribution in [0.1, 0.15) is 37.6 Å². The number of aromatic nitrogens is 2. The van der Waals surface area contributed by atoms with E-state index in [2.05, 4.69) is 5.10 Å². The van der Waals surface area contributed by atoms with Crippen molar-refractivity contribution >= 4 is 0 Å². The SMILES string of the molecule is CC(C)(C)c1[nH]n(-c2cccc(C(F)(F)F)c2)c(=O)c1CO. The summed E-state index contributed by atoms with van der Waals surface area (Å²) >= 11 is 0. The summed E-state index contributed by atoms with van der Waals surface area (Å²) in [7, 11) is 0. The fourth-order valence-electron chi connectivity index (χ4n) is 2.24. The van der Waals surface area contributed by atoms with Crippen molar-refractivity contribution in [2.45, 2.75) is 39.0 Å². The van der Waals surface area contributed by atoms with Gasteiger partial charge in [-0.25, -0.2) is 4.68 Å². The van der Waals surface area contributed by atoms with E-state index < -0.39 is 29.3 Å². The quantitative estimate of drug-likeness (QED) is 0.895. The van der Waals surface area contributed by atoms with Crippen LogP contribution >= 0.6 is 0 Å². The lowest BCUT2D eigenvalue weighted by atomic mass is 9.90. The molecule has 0 saturated heterocycles. The molecule has 0 saturated carbocycles. The molecule has 0 radical (unpaired) electrons. The van der Waals surface area contributed by atoms with Crippen LogP contribution in [0, 0.1) is 0 Å². The van der Waals surface area contributed by atoms with E-state index in [1.54, 1.807) is 0 Å². The summed E-state index contributed by atoms with van der Waals surface area (Å²) in [4.78, 5) is 12.3. The number of aliphatic hydroxyl groups is 1. The molecule has 0 aliphatic rings. The van der Waals surface area contributed by atoms with Gasteiger partial charge in [-0.2, -0.15) is 13.2 Å². The number of rotatable bonds is 2. The highest BCUT2D eigenvalue weighted by atomic mass is 19.4. The topological polar surface area (TPSA) is 58.0 Å². The minimum absolute atomic E-state index is 0.0741. The highest BCUT2D eigenvalue weighted by Gasteiger charge is 2.31. The normalized spacial score (nSPS) is 12.7. The third-order valence-corrected chi connectivity index (χ3v) is 3.33. The first-order chi connectivity index (χ1) is 10.1. The average Bonchev–Trinajstić information content (AvgIpc) is 2.75. The van der Waals surface area contributed by atoms with Crippen molar-refractivity contribution in [2.75, 3.05) is 0 Å². The third kappa shape index (κ3) is 2.94. The van der Waals surface area contributed by atoms with Gasteiger partial charge in [-0.3, -0.25) is 9.89 Å². The number of alkyl halides is 3. The molecule has 0 amide bonds. The number of aliphatic hydroxyl groups excluding tert-OH is 1. The van der Waals surface area contributed by atoms with Gasteiger partial charge in [-0.05, 0) is 18.2 Å². The fourth-order valence-corrected chi connectivity index (χ4v) is 2.24. The lowest BCUT2D eigenvalue weighted by Crippen LogP contribution is -2.18. The summed E-state index contributed by atoms with van der Waals surface area (Å²) in [6, 6.07) is 4.47. The van der Waals surface area contributed by atoms with E-state index in [1.807, 2.05) is 20.8 Å². The zero-order chi connectivity index (χ0) is 16.7. The van der Waals surface area contributed by atoms with Gasteiger partial charge >= 0.3 is 6.18 Å². The van der Waals surface area contributed by atoms with Crippen molar-refractivity contribution in [1.29, 1.82) is 0 Å². The molecule has 1 aromatic carbocycles. The first-order valence-electron chi connectivity index (χ1n) is 6.68. The summed E-state index contributed by atoms with van der Waals surface area (Å²) in [5.41, 5.74) is -1.11. The predicted octanol–water partition coefficient (Wildman–Crippen LogP) is 2.97. The van der Waals surface area contributed by atoms with Crippen LogP contribution in [-0.4, -0.2) is 14.9 Å². The number of aromatic amines is 1. The highest BCUT2D eigenvalue weighted by Crippen LogP contribution is 2.30. The van der Waals surface area contributed by atoms with Crippen LogP contribution in [-0.2, 0) is 18.2 Å². The van der Waals surface area contributed by atoms with Gasteiger partial charge in [0.1, 0.15) is 0 Å². The van der Waals surface area contributed by atoms with E-state index in [4.69, 9.17) is 0 Å². The van der Waals surface area contributed by atoms with Crippen LogP contribution in [0.2, 0.25) is 0 Å². The zero-order valence-electron chi connectivity index (χ0n) is 12.5. The Morgan fingerprint density at radius 3 is 2.32 bits per heavy atom. The van der Waals surface area contributed by atoms with Crippen molar-refractivity contribution < 1.29 is 18.3 Å². The molecule has 120 valence electrons. The number of benzene rings is 1. The van der Waals surface area contributed by atoms with Crippen molar-refractivity contribution in [3.05, 3.63) is 51.4 Å². The van der Waals surface area contributed by atoms with Crippen LogP contribution in [0.3, 0.4) is 0 Å². The van der Waals surface area contributed by atoms with E-state index in [0.29, 0.717) is 5.69 Å². The summed E-state index contributed by atoms with van der Waals surface area (Å²) in [5.74, 6) is 0. The second kappa shape index (κ2) is 5.31. The lowest BCUT2D eigenvalue weighted by molar-refractivity contribution is -0.137. The van der Waals surface area contributed by atoms with E-state index in [1.165, 1.54) is 12.1 Å². The van der Waals surface area contributed by atoms with Gasteiger partial charge in [0, 0.05) is 11.1 Å². The Morgan fingerprint density at radius 1 is 1.23 bits per heavy atom. The minimum Gasteiger partial charge on any atom is -0.391 e. The Balaban J connectivity index is 2.65. The average molecular weight is 314 g/mol. The zero-order valence-corrected chi connectivity index (χ0v) is 12.5. The van der Waals surface area contributed by atoms with Gasteiger partial charge in [0.05, 0.1) is 23.4 Å². The molecule has 0 bridgehead atoms. The van der Waals surface area contributed by atoms with E-state index >= 15 is 0 Å². The Hall–Kier alpha value is -2.02. The standard InChI is InChI=1S/C15H17F3N2O2/c1-14(2,3)12-11(8-21)13(22)20(19-12)10-6-4-5-9(7-10)15(16,17)18/h4-7,19,21H,8H2,1-3H3. The summed E-state index contributed by atoms with van der Waals surface area (Å²) in [6.45, 7) is 5.05. The number of hydrogen-bond donors (Lipinski definition) is 2. The van der Waals surface area contributed by atoms with Gasteiger partial charge in [-0.1, -0.05) is 26.8 Å². The van der Waals surface area contributed by atoms with Crippen molar-refractivity contribution in [1.82, 2.24) is 9.78 Å². The van der Waals surface area contributed by atoms with Gasteiger partial charge in [0.25, 0.3) is 5.56 Å². The molecule has 0 aliphatic heterocycles. The summed E-state index contributed by atoms with van der Waals surface area (Å²) < 4.78 is 39.4. The molecule has 0 fully saturated rings. The first kappa shape index (κ1) is 16.4. The Morgan fingerprint density at radius 2 is 1.86 bits per heavy atom. The molecular formula is C15H17F3N2O2. The van der Waals surface area contributed by atoms with E-state index in [0.717, 1.165) is 16.8 Å². The van der Waals surface area contributed by atoms with Gasteiger partial charge in [-0.15, -0.1) is 0 Å². The second-order valence-electron chi connectivity index (χ2n) is 6.06. The largest absolute Gasteiger partial charge is 0.416 e. The molecular weight excluding hydrogens is 297 g/mol. The molecule has 7 heteroatoms. The molecule has 1 aromatic heterocycles. The molecule has 2 aromatic rings. The monoisotopic (exact) mass is 314 g/mol. The Labute approximate surface area is 125 Å². The molecule has 0 spiro atoms. The van der Waals surface area contributed by atoms with Crippen molar-refractivity contribution in [3.63, 3.8) is 0 Å². The summed E-state index contributed by atoms with van der Waals surface area (Å²) in [5, 5.41) is 12.2. The highest BCUT2D eigenvalue weighted by molar-refractivity contribution is 5.38. The van der Waals surface area contributed by atoms with Gasteiger partial charge < -0.3 is 5.11 Å². The van der Waals surface area contributed by atoms with E-state index in [9.17, 15) is 23.1 Å². The van der Waals surface area contributed by atoms with Gasteiger partial charge in [0.15, 0.2) is 0 Å². The molecule has 0 atom stereocenters. The van der Waals surface area contributed by atoms with Crippen molar-refractivity contribution in [2.24, 2.45) is 0 Å². The molecule has 0 unspecified atom stereocenters. The number of nitrogens with zero attached hydrogens (tertiary/aromatic N) is 1. The number of nitrogens with one attached hydrogen (secondary N) is 1. The number of hydrogen-bond acceptors (Lipinski definition) is 2. The molecule has 2 rings (SSSR count). The van der Waals surface area contributed by atoms with Crippen LogP contribution in [0.15, 0.2) is 29.1 Å². The first-order valence-corrected chi connectivity index (χ1v) is 6.68. The predicted molar refractivity (Wildman–Crippen MR) is 76.0 cm³/mol. The van der Waals surface area contributed by atoms with Crippen LogP contribution < -0.4 is 5.56 Å². The maximum Gasteiger partial charge on any atom is 0.416 e. The van der Waals surface area contributed by atoms with Crippen LogP contribution in [0.25, 0.3) is 5.69 Å². The van der Waals surface area contributed by atoms with Crippen LogP contribution in [0.4, 0.5) is 13.2 Å². The summed E-state index contributed by atoms with van der Waals surface area (Å²) in [6.07, 6.45) is -4.49. The lowest BCUT2D eigenvalue weighted by Gasteiger charge is -2.17.